The highest BCUT2D eigenvalue weighted by atomic mass is 19.1. The van der Waals surface area contributed by atoms with Gasteiger partial charge in [-0.15, -0.1) is 0 Å². The first-order chi connectivity index (χ1) is 13.7. The van der Waals surface area contributed by atoms with Gasteiger partial charge in [-0.1, -0.05) is 30.3 Å². The minimum absolute atomic E-state index is 0.209. The molecule has 0 fully saturated rings. The van der Waals surface area contributed by atoms with Crippen LogP contribution in [0.5, 0.6) is 5.75 Å². The van der Waals surface area contributed by atoms with Gasteiger partial charge in [-0.25, -0.2) is 9.37 Å². The third-order valence-corrected chi connectivity index (χ3v) is 4.90. The molecule has 0 unspecified atom stereocenters. The van der Waals surface area contributed by atoms with Crippen molar-refractivity contribution in [1.82, 2.24) is 9.55 Å². The van der Waals surface area contributed by atoms with E-state index in [1.54, 1.807) is 17.0 Å². The maximum atomic E-state index is 14.6. The van der Waals surface area contributed by atoms with Crippen LogP contribution in [0.25, 0.3) is 16.7 Å². The average molecular weight is 374 g/mol. The van der Waals surface area contributed by atoms with Crippen LogP contribution in [0.15, 0.2) is 67.0 Å². The van der Waals surface area contributed by atoms with E-state index >= 15 is 0 Å². The second-order valence-corrected chi connectivity index (χ2v) is 6.71. The molecule has 0 amide bonds. The number of nitrogens with zero attached hydrogens (tertiary/aromatic N) is 2. The first-order valence-corrected chi connectivity index (χ1v) is 8.95. The number of halogens is 1. The average Bonchev–Trinajstić information content (AvgIpc) is 3.29. The smallest absolute Gasteiger partial charge is 0.489 e. The van der Waals surface area contributed by atoms with E-state index in [1.807, 2.05) is 48.5 Å². The molecule has 28 heavy (non-hydrogen) atoms. The van der Waals surface area contributed by atoms with E-state index in [0.29, 0.717) is 34.6 Å². The van der Waals surface area contributed by atoms with Crippen LogP contribution in [-0.2, 0) is 17.9 Å². The van der Waals surface area contributed by atoms with E-state index in [-0.39, 0.29) is 12.4 Å². The second-order valence-electron chi connectivity index (χ2n) is 6.71. The van der Waals surface area contributed by atoms with Crippen LogP contribution in [0.3, 0.4) is 0 Å². The van der Waals surface area contributed by atoms with E-state index in [4.69, 9.17) is 9.39 Å². The molecule has 2 heterocycles. The quantitative estimate of drug-likeness (QED) is 0.558. The fraction of sp³-hybridized carbons (Fsp3) is 0.0952. The molecule has 0 spiro atoms. The maximum absolute atomic E-state index is 14.6. The van der Waals surface area contributed by atoms with Crippen molar-refractivity contribution in [2.45, 2.75) is 13.2 Å². The van der Waals surface area contributed by atoms with Gasteiger partial charge in [0.05, 0.1) is 23.3 Å². The Labute approximate surface area is 161 Å². The molecule has 0 radical (unpaired) electrons. The monoisotopic (exact) mass is 374 g/mol. The predicted molar refractivity (Wildman–Crippen MR) is 104 cm³/mol. The lowest BCUT2D eigenvalue weighted by atomic mass is 9.79. The third kappa shape index (κ3) is 2.94. The van der Waals surface area contributed by atoms with Gasteiger partial charge in [0.15, 0.2) is 0 Å². The Morgan fingerprint density at radius 2 is 2.00 bits per heavy atom. The molecule has 0 aliphatic carbocycles. The number of fused-ring (bicyclic) bond motifs is 2. The summed E-state index contributed by atoms with van der Waals surface area (Å²) in [7, 11) is -1.03. The van der Waals surface area contributed by atoms with Gasteiger partial charge in [-0.2, -0.15) is 0 Å². The van der Waals surface area contributed by atoms with Crippen molar-refractivity contribution in [3.63, 3.8) is 0 Å². The molecule has 1 aromatic heterocycles. The normalized spacial score (nSPS) is 13.1. The summed E-state index contributed by atoms with van der Waals surface area (Å²) in [4.78, 5) is 4.39. The molecule has 0 bridgehead atoms. The molecule has 0 saturated heterocycles. The first-order valence-electron chi connectivity index (χ1n) is 8.95. The molecule has 1 aliphatic heterocycles. The van der Waals surface area contributed by atoms with Gasteiger partial charge in [0, 0.05) is 6.07 Å². The van der Waals surface area contributed by atoms with Gasteiger partial charge in [0.1, 0.15) is 24.5 Å². The van der Waals surface area contributed by atoms with Crippen molar-refractivity contribution in [3.8, 4) is 11.4 Å². The zero-order valence-corrected chi connectivity index (χ0v) is 14.9. The molecule has 3 aromatic carbocycles. The summed E-state index contributed by atoms with van der Waals surface area (Å²) in [5.74, 6) is 0.306. The van der Waals surface area contributed by atoms with Crippen molar-refractivity contribution in [2.24, 2.45) is 0 Å². The number of hydrogen-bond donors (Lipinski definition) is 1. The lowest BCUT2D eigenvalue weighted by molar-refractivity contribution is 0.275. The van der Waals surface area contributed by atoms with Gasteiger partial charge in [0.25, 0.3) is 0 Å². The minimum atomic E-state index is -1.03. The zero-order valence-electron chi connectivity index (χ0n) is 14.9. The Bertz CT molecular complexity index is 1160. The number of ether oxygens (including phenoxy) is 1. The third-order valence-electron chi connectivity index (χ3n) is 4.90. The van der Waals surface area contributed by atoms with Gasteiger partial charge in [-0.05, 0) is 40.9 Å². The van der Waals surface area contributed by atoms with Gasteiger partial charge in [-0.3, -0.25) is 4.57 Å². The molecular formula is C21H16BFN2O3. The van der Waals surface area contributed by atoms with E-state index in [9.17, 15) is 9.41 Å². The zero-order chi connectivity index (χ0) is 19.1. The highest BCUT2D eigenvalue weighted by Crippen LogP contribution is 2.26. The standard InChI is InChI=1S/C21H16BFN2O3/c23-18-8-15-12-28-22(26)17(15)10-21(18)25-13-24-19-9-16(6-7-20(19)25)27-11-14-4-2-1-3-5-14/h1-10,13,26H,11-12H2. The summed E-state index contributed by atoms with van der Waals surface area (Å²) in [5, 5.41) is 9.91. The molecule has 5 rings (SSSR count). The summed E-state index contributed by atoms with van der Waals surface area (Å²) in [5.41, 5.74) is 4.09. The molecule has 1 aliphatic rings. The minimum Gasteiger partial charge on any atom is -0.489 e. The lowest BCUT2D eigenvalue weighted by Crippen LogP contribution is -2.28. The molecule has 4 aromatic rings. The predicted octanol–water partition coefficient (Wildman–Crippen LogP) is 2.96. The van der Waals surface area contributed by atoms with Crippen LogP contribution in [0.4, 0.5) is 4.39 Å². The molecule has 0 atom stereocenters. The Morgan fingerprint density at radius 3 is 2.86 bits per heavy atom. The Balaban J connectivity index is 1.47. The molecule has 7 heteroatoms. The topological polar surface area (TPSA) is 56.5 Å². The summed E-state index contributed by atoms with van der Waals surface area (Å²) < 4.78 is 27.3. The molecule has 0 saturated carbocycles. The summed E-state index contributed by atoms with van der Waals surface area (Å²) >= 11 is 0. The van der Waals surface area contributed by atoms with Crippen LogP contribution in [0.1, 0.15) is 11.1 Å². The van der Waals surface area contributed by atoms with Crippen molar-refractivity contribution < 1.29 is 18.8 Å². The Morgan fingerprint density at radius 1 is 1.14 bits per heavy atom. The Hall–Kier alpha value is -3.16. The first kappa shape index (κ1) is 17.0. The Kier molecular flexibility index (Phi) is 4.11. The molecule has 5 nitrogen and oxygen atoms in total. The van der Waals surface area contributed by atoms with E-state index in [1.165, 1.54) is 6.07 Å². The molecule has 138 valence electrons. The van der Waals surface area contributed by atoms with Crippen LogP contribution >= 0.6 is 0 Å². The maximum Gasteiger partial charge on any atom is 0.491 e. The number of imidazole rings is 1. The summed E-state index contributed by atoms with van der Waals surface area (Å²) in [6.07, 6.45) is 1.57. The fourth-order valence-corrected chi connectivity index (χ4v) is 3.43. The largest absolute Gasteiger partial charge is 0.491 e. The lowest BCUT2D eigenvalue weighted by Gasteiger charge is -2.10. The van der Waals surface area contributed by atoms with E-state index in [0.717, 1.165) is 11.1 Å². The highest BCUT2D eigenvalue weighted by molar-refractivity contribution is 6.61. The van der Waals surface area contributed by atoms with E-state index < -0.39 is 7.12 Å². The van der Waals surface area contributed by atoms with Crippen molar-refractivity contribution in [1.29, 1.82) is 0 Å². The van der Waals surface area contributed by atoms with E-state index in [2.05, 4.69) is 4.98 Å². The van der Waals surface area contributed by atoms with Crippen LogP contribution in [0.2, 0.25) is 0 Å². The molecular weight excluding hydrogens is 358 g/mol. The van der Waals surface area contributed by atoms with Crippen LogP contribution in [0, 0.1) is 5.82 Å². The number of aromatic nitrogens is 2. The van der Waals surface area contributed by atoms with Crippen LogP contribution in [-0.4, -0.2) is 21.7 Å². The number of benzene rings is 3. The fourth-order valence-electron chi connectivity index (χ4n) is 3.43. The molecule has 1 N–H and O–H groups in total. The highest BCUT2D eigenvalue weighted by Gasteiger charge is 2.29. The van der Waals surface area contributed by atoms with Crippen molar-refractivity contribution in [3.05, 3.63) is 83.9 Å². The van der Waals surface area contributed by atoms with Gasteiger partial charge < -0.3 is 14.4 Å². The summed E-state index contributed by atoms with van der Waals surface area (Å²) in [6, 6.07) is 18.4. The van der Waals surface area contributed by atoms with Gasteiger partial charge >= 0.3 is 7.12 Å². The van der Waals surface area contributed by atoms with Crippen molar-refractivity contribution >= 4 is 23.6 Å². The number of rotatable bonds is 4. The summed E-state index contributed by atoms with van der Waals surface area (Å²) in [6.45, 7) is 0.672. The van der Waals surface area contributed by atoms with Gasteiger partial charge in [0.2, 0.25) is 0 Å². The van der Waals surface area contributed by atoms with Crippen molar-refractivity contribution in [2.75, 3.05) is 0 Å². The van der Waals surface area contributed by atoms with Crippen LogP contribution < -0.4 is 10.2 Å². The SMILES string of the molecule is OB1OCc2cc(F)c(-n3cnc4cc(OCc5ccccc5)ccc43)cc21. The second kappa shape index (κ2) is 6.78. The number of hydrogen-bond acceptors (Lipinski definition) is 4.